The summed E-state index contributed by atoms with van der Waals surface area (Å²) in [5.74, 6) is -2.76. The molecule has 8 heteroatoms. The highest BCUT2D eigenvalue weighted by Gasteiger charge is 2.41. The van der Waals surface area contributed by atoms with Crippen molar-refractivity contribution in [2.24, 2.45) is 0 Å². The first kappa shape index (κ1) is 17.2. The number of carbonyl (C=O) groups excluding carboxylic acids is 1. The molecule has 1 amide bonds. The van der Waals surface area contributed by atoms with Crippen LogP contribution in [0, 0.1) is 0 Å². The van der Waals surface area contributed by atoms with Crippen LogP contribution in [0.2, 0.25) is 0 Å². The number of aliphatic carboxylic acids is 2. The number of carboxylic acid groups (broad SMARTS) is 2. The number of amides is 1. The van der Waals surface area contributed by atoms with E-state index in [4.69, 9.17) is 20.1 Å². The molecule has 0 saturated heterocycles. The van der Waals surface area contributed by atoms with E-state index in [2.05, 4.69) is 0 Å². The van der Waals surface area contributed by atoms with Crippen LogP contribution in [0.15, 0.2) is 0 Å². The van der Waals surface area contributed by atoms with E-state index in [1.807, 2.05) is 5.32 Å². The Labute approximate surface area is 110 Å². The van der Waals surface area contributed by atoms with Crippen molar-refractivity contribution >= 4 is 18.0 Å². The Kier molecular flexibility index (Phi) is 5.76. The second kappa shape index (κ2) is 6.37. The van der Waals surface area contributed by atoms with E-state index >= 15 is 0 Å². The number of ether oxygens (including phenoxy) is 1. The smallest absolute Gasteiger partial charge is 0.408 e. The zero-order valence-electron chi connectivity index (χ0n) is 11.1. The normalized spacial score (nSPS) is 14.3. The van der Waals surface area contributed by atoms with Gasteiger partial charge in [-0.05, 0) is 27.2 Å². The van der Waals surface area contributed by atoms with E-state index < -0.39 is 48.6 Å². The summed E-state index contributed by atoms with van der Waals surface area (Å²) in [5, 5.41) is 28.8. The number of carbonyl (C=O) groups is 3. The number of hydrogen-bond donors (Lipinski definition) is 4. The lowest BCUT2D eigenvalue weighted by molar-refractivity contribution is -0.148. The van der Waals surface area contributed by atoms with Gasteiger partial charge in [-0.25, -0.2) is 9.59 Å². The van der Waals surface area contributed by atoms with Crippen LogP contribution in [0.1, 0.15) is 33.6 Å². The fraction of sp³-hybridized carbons (Fsp3) is 0.727. The molecule has 0 heterocycles. The summed E-state index contributed by atoms with van der Waals surface area (Å²) in [7, 11) is 0. The molecule has 0 aliphatic rings. The lowest BCUT2D eigenvalue weighted by atomic mass is 9.94. The van der Waals surface area contributed by atoms with Gasteiger partial charge in [0.15, 0.2) is 5.54 Å². The van der Waals surface area contributed by atoms with Crippen LogP contribution in [0.5, 0.6) is 0 Å². The molecule has 0 spiro atoms. The van der Waals surface area contributed by atoms with Crippen molar-refractivity contribution in [2.45, 2.75) is 44.8 Å². The highest BCUT2D eigenvalue weighted by molar-refractivity contribution is 5.85. The van der Waals surface area contributed by atoms with Crippen molar-refractivity contribution in [1.29, 1.82) is 0 Å². The first-order valence-electron chi connectivity index (χ1n) is 5.59. The van der Waals surface area contributed by atoms with Gasteiger partial charge in [0.2, 0.25) is 0 Å². The van der Waals surface area contributed by atoms with Gasteiger partial charge in [0.05, 0.1) is 6.61 Å². The van der Waals surface area contributed by atoms with Crippen LogP contribution >= 0.6 is 0 Å². The number of hydrogen-bond acceptors (Lipinski definition) is 5. The van der Waals surface area contributed by atoms with Crippen LogP contribution in [0.3, 0.4) is 0 Å². The number of aliphatic hydroxyl groups is 1. The molecule has 0 rings (SSSR count). The minimum Gasteiger partial charge on any atom is -0.481 e. The summed E-state index contributed by atoms with van der Waals surface area (Å²) < 4.78 is 4.88. The predicted octanol–water partition coefficient (Wildman–Crippen LogP) is 0.192. The molecule has 0 aromatic rings. The van der Waals surface area contributed by atoms with E-state index in [1.54, 1.807) is 20.8 Å². The number of aliphatic hydroxyl groups excluding tert-OH is 1. The molecule has 19 heavy (non-hydrogen) atoms. The number of nitrogens with one attached hydrogen (secondary N) is 1. The Morgan fingerprint density at radius 3 is 2.00 bits per heavy atom. The van der Waals surface area contributed by atoms with Crippen LogP contribution < -0.4 is 5.32 Å². The number of alkyl carbamates (subject to hydrolysis) is 1. The zero-order valence-corrected chi connectivity index (χ0v) is 11.1. The molecule has 0 unspecified atom stereocenters. The number of carboxylic acids is 2. The summed E-state index contributed by atoms with van der Waals surface area (Å²) in [4.78, 5) is 33.2. The van der Waals surface area contributed by atoms with Gasteiger partial charge in [0, 0.05) is 6.42 Å². The van der Waals surface area contributed by atoms with Crippen molar-refractivity contribution in [1.82, 2.24) is 5.32 Å². The lowest BCUT2D eigenvalue weighted by Crippen LogP contribution is -2.58. The molecule has 0 aromatic carbocycles. The molecule has 1 atom stereocenters. The summed E-state index contributed by atoms with van der Waals surface area (Å²) in [6.07, 6.45) is -2.00. The standard InChI is InChI=1S/C11H19NO7/c1-10(2,3)19-9(18)12-11(6-13,8(16)17)5-4-7(14)15/h13H,4-6H2,1-3H3,(H,12,18)(H,14,15)(H,16,17)/t11-/m0/s1. The molecule has 0 bridgehead atoms. The molecule has 0 aliphatic heterocycles. The van der Waals surface area contributed by atoms with Crippen molar-refractivity contribution in [3.63, 3.8) is 0 Å². The SMILES string of the molecule is CC(C)(C)OC(=O)N[C@](CO)(CCC(=O)O)C(=O)O. The van der Waals surface area contributed by atoms with Crippen molar-refractivity contribution in [3.8, 4) is 0 Å². The van der Waals surface area contributed by atoms with Gasteiger partial charge in [-0.1, -0.05) is 0 Å². The highest BCUT2D eigenvalue weighted by Crippen LogP contribution is 2.15. The van der Waals surface area contributed by atoms with Crippen LogP contribution in [0.25, 0.3) is 0 Å². The summed E-state index contributed by atoms with van der Waals surface area (Å²) in [6.45, 7) is 3.83. The van der Waals surface area contributed by atoms with Gasteiger partial charge in [-0.2, -0.15) is 0 Å². The van der Waals surface area contributed by atoms with Crippen LogP contribution in [-0.4, -0.2) is 51.1 Å². The molecule has 110 valence electrons. The van der Waals surface area contributed by atoms with E-state index in [0.29, 0.717) is 0 Å². The fourth-order valence-corrected chi connectivity index (χ4v) is 1.23. The van der Waals surface area contributed by atoms with Crippen molar-refractivity contribution in [3.05, 3.63) is 0 Å². The molecular weight excluding hydrogens is 258 g/mol. The Bertz CT molecular complexity index is 361. The van der Waals surface area contributed by atoms with Gasteiger partial charge < -0.3 is 25.4 Å². The van der Waals surface area contributed by atoms with E-state index in [1.165, 1.54) is 0 Å². The lowest BCUT2D eigenvalue weighted by Gasteiger charge is -2.29. The maximum absolute atomic E-state index is 11.5. The van der Waals surface area contributed by atoms with E-state index in [9.17, 15) is 14.4 Å². The van der Waals surface area contributed by atoms with Crippen LogP contribution in [0.4, 0.5) is 4.79 Å². The summed E-state index contributed by atoms with van der Waals surface area (Å²) in [5.41, 5.74) is -2.91. The minimum atomic E-state index is -2.07. The molecule has 0 aliphatic carbocycles. The third-order valence-corrected chi connectivity index (χ3v) is 2.19. The molecule has 0 fully saturated rings. The maximum Gasteiger partial charge on any atom is 0.408 e. The summed E-state index contributed by atoms with van der Waals surface area (Å²) >= 11 is 0. The van der Waals surface area contributed by atoms with Gasteiger partial charge in [0.1, 0.15) is 5.60 Å². The quantitative estimate of drug-likeness (QED) is 0.544. The Morgan fingerprint density at radius 1 is 1.16 bits per heavy atom. The summed E-state index contributed by atoms with van der Waals surface area (Å²) in [6, 6.07) is 0. The monoisotopic (exact) mass is 277 g/mol. The van der Waals surface area contributed by atoms with Gasteiger partial charge in [0.25, 0.3) is 0 Å². The average Bonchev–Trinajstić information content (AvgIpc) is 2.20. The first-order chi connectivity index (χ1) is 8.52. The average molecular weight is 277 g/mol. The highest BCUT2D eigenvalue weighted by atomic mass is 16.6. The third-order valence-electron chi connectivity index (χ3n) is 2.19. The largest absolute Gasteiger partial charge is 0.481 e. The van der Waals surface area contributed by atoms with Gasteiger partial charge in [-0.3, -0.25) is 4.79 Å². The minimum absolute atomic E-state index is 0.451. The van der Waals surface area contributed by atoms with Crippen molar-refractivity contribution in [2.75, 3.05) is 6.61 Å². The second-order valence-corrected chi connectivity index (χ2v) is 5.07. The third kappa shape index (κ3) is 6.05. The number of rotatable bonds is 6. The van der Waals surface area contributed by atoms with Gasteiger partial charge in [-0.15, -0.1) is 0 Å². The van der Waals surface area contributed by atoms with Crippen molar-refractivity contribution < 1.29 is 34.4 Å². The second-order valence-electron chi connectivity index (χ2n) is 5.07. The van der Waals surface area contributed by atoms with E-state index in [-0.39, 0.29) is 0 Å². The Hall–Kier alpha value is -1.83. The maximum atomic E-state index is 11.5. The zero-order chi connectivity index (χ0) is 15.3. The molecule has 0 radical (unpaired) electrons. The fourth-order valence-electron chi connectivity index (χ4n) is 1.23. The topological polar surface area (TPSA) is 133 Å². The van der Waals surface area contributed by atoms with Gasteiger partial charge >= 0.3 is 18.0 Å². The Balaban J connectivity index is 4.90. The Morgan fingerprint density at radius 2 is 1.68 bits per heavy atom. The molecular formula is C11H19NO7. The van der Waals surface area contributed by atoms with E-state index in [0.717, 1.165) is 0 Å². The molecule has 8 nitrogen and oxygen atoms in total. The predicted molar refractivity (Wildman–Crippen MR) is 63.7 cm³/mol. The molecule has 0 aromatic heterocycles. The molecule has 0 saturated carbocycles. The van der Waals surface area contributed by atoms with Crippen LogP contribution in [-0.2, 0) is 14.3 Å². The first-order valence-corrected chi connectivity index (χ1v) is 5.59. The molecule has 4 N–H and O–H groups in total.